The number of anilines is 1. The number of nitrogens with one attached hydrogen (secondary N) is 1. The Morgan fingerprint density at radius 2 is 1.63 bits per heavy atom. The highest BCUT2D eigenvalue weighted by Crippen LogP contribution is 2.32. The summed E-state index contributed by atoms with van der Waals surface area (Å²) in [5.41, 5.74) is 3.72. The molecule has 0 saturated heterocycles. The van der Waals surface area contributed by atoms with Gasteiger partial charge in [-0.3, -0.25) is 4.79 Å². The van der Waals surface area contributed by atoms with Gasteiger partial charge in [-0.25, -0.2) is 4.98 Å². The predicted octanol–water partition coefficient (Wildman–Crippen LogP) is 5.26. The zero-order valence-corrected chi connectivity index (χ0v) is 16.8. The normalized spacial score (nSPS) is 14.9. The van der Waals surface area contributed by atoms with Crippen molar-refractivity contribution in [2.24, 2.45) is 0 Å². The summed E-state index contributed by atoms with van der Waals surface area (Å²) in [6.07, 6.45) is -0.688. The molecule has 6 heteroatoms. The lowest BCUT2D eigenvalue weighted by molar-refractivity contribution is -0.125. The number of nitrogens with zero attached hydrogens (tertiary/aromatic N) is 1. The minimum atomic E-state index is -0.688. The Kier molecular flexibility index (Phi) is 4.91. The van der Waals surface area contributed by atoms with Crippen molar-refractivity contribution < 1.29 is 14.3 Å². The molecular weight excluding hydrogens is 396 g/mol. The molecule has 1 N–H and O–H groups in total. The van der Waals surface area contributed by atoms with E-state index in [0.717, 1.165) is 21.8 Å². The first kappa shape index (κ1) is 18.4. The van der Waals surface area contributed by atoms with Crippen LogP contribution in [0, 0.1) is 0 Å². The van der Waals surface area contributed by atoms with Gasteiger partial charge in [0.25, 0.3) is 5.91 Å². The molecule has 5 rings (SSSR count). The Bertz CT molecular complexity index is 1170. The summed E-state index contributed by atoms with van der Waals surface area (Å²) >= 11 is 1.61. The van der Waals surface area contributed by atoms with E-state index in [1.165, 1.54) is 0 Å². The van der Waals surface area contributed by atoms with Gasteiger partial charge in [0.1, 0.15) is 11.6 Å². The average molecular weight is 414 g/mol. The van der Waals surface area contributed by atoms with Crippen LogP contribution in [-0.4, -0.2) is 23.6 Å². The van der Waals surface area contributed by atoms with Gasteiger partial charge in [0.15, 0.2) is 11.5 Å². The summed E-state index contributed by atoms with van der Waals surface area (Å²) in [6.45, 7) is 0.183. The number of aromatic nitrogens is 1. The fourth-order valence-electron chi connectivity index (χ4n) is 3.22. The molecule has 5 nitrogen and oxygen atoms in total. The molecule has 30 heavy (non-hydrogen) atoms. The third kappa shape index (κ3) is 3.77. The van der Waals surface area contributed by atoms with E-state index >= 15 is 0 Å². The van der Waals surface area contributed by atoms with Gasteiger partial charge in [0.2, 0.25) is 6.10 Å². The van der Waals surface area contributed by atoms with Gasteiger partial charge < -0.3 is 14.8 Å². The van der Waals surface area contributed by atoms with Gasteiger partial charge >= 0.3 is 0 Å². The third-order valence-corrected chi connectivity index (χ3v) is 5.67. The van der Waals surface area contributed by atoms with Crippen LogP contribution in [0.15, 0.2) is 84.2 Å². The van der Waals surface area contributed by atoms with E-state index < -0.39 is 6.10 Å². The van der Waals surface area contributed by atoms with E-state index in [-0.39, 0.29) is 12.5 Å². The van der Waals surface area contributed by atoms with Crippen LogP contribution >= 0.6 is 11.3 Å². The highest BCUT2D eigenvalue weighted by atomic mass is 32.1. The maximum absolute atomic E-state index is 12.6. The van der Waals surface area contributed by atoms with Crippen molar-refractivity contribution in [1.82, 2.24) is 4.98 Å². The number of carbonyl (C=O) groups is 1. The summed E-state index contributed by atoms with van der Waals surface area (Å²) in [7, 11) is 0. The average Bonchev–Trinajstić information content (AvgIpc) is 3.30. The second-order valence-corrected chi connectivity index (χ2v) is 7.69. The number of hydrogen-bond acceptors (Lipinski definition) is 5. The Balaban J connectivity index is 1.26. The Hall–Kier alpha value is -3.64. The first-order chi connectivity index (χ1) is 14.8. The molecule has 3 aromatic carbocycles. The van der Waals surface area contributed by atoms with Crippen molar-refractivity contribution >= 4 is 22.9 Å². The Labute approximate surface area is 177 Å². The number of para-hydroxylation sites is 2. The minimum absolute atomic E-state index is 0.183. The second kappa shape index (κ2) is 8.00. The highest BCUT2D eigenvalue weighted by molar-refractivity contribution is 7.13. The number of ether oxygens (including phenoxy) is 2. The molecular formula is C24H18N2O3S. The summed E-state index contributed by atoms with van der Waals surface area (Å²) in [6, 6.07) is 25.1. The lowest BCUT2D eigenvalue weighted by Gasteiger charge is -2.25. The first-order valence-electron chi connectivity index (χ1n) is 9.57. The lowest BCUT2D eigenvalue weighted by atomic mass is 10.1. The van der Waals surface area contributed by atoms with Crippen LogP contribution in [0.5, 0.6) is 11.5 Å². The van der Waals surface area contributed by atoms with Gasteiger partial charge in [0, 0.05) is 22.2 Å². The maximum Gasteiger partial charge on any atom is 0.269 e. The molecule has 1 aliphatic heterocycles. The zero-order chi connectivity index (χ0) is 20.3. The van der Waals surface area contributed by atoms with Gasteiger partial charge in [-0.1, -0.05) is 54.6 Å². The van der Waals surface area contributed by atoms with Crippen molar-refractivity contribution in [1.29, 1.82) is 0 Å². The largest absolute Gasteiger partial charge is 0.485 e. The highest BCUT2D eigenvalue weighted by Gasteiger charge is 2.27. The summed E-state index contributed by atoms with van der Waals surface area (Å²) < 4.78 is 11.4. The molecule has 2 heterocycles. The summed E-state index contributed by atoms with van der Waals surface area (Å²) in [5.74, 6) is 0.998. The zero-order valence-electron chi connectivity index (χ0n) is 15.9. The fourth-order valence-corrected chi connectivity index (χ4v) is 4.05. The lowest BCUT2D eigenvalue weighted by Crippen LogP contribution is -2.40. The Morgan fingerprint density at radius 3 is 2.43 bits per heavy atom. The monoisotopic (exact) mass is 414 g/mol. The van der Waals surface area contributed by atoms with E-state index in [9.17, 15) is 4.79 Å². The molecule has 0 spiro atoms. The van der Waals surface area contributed by atoms with Crippen LogP contribution in [0.25, 0.3) is 21.8 Å². The van der Waals surface area contributed by atoms with E-state index in [2.05, 4.69) is 17.4 Å². The molecule has 148 valence electrons. The summed E-state index contributed by atoms with van der Waals surface area (Å²) in [4.78, 5) is 17.3. The van der Waals surface area contributed by atoms with Crippen molar-refractivity contribution in [3.05, 3.63) is 84.2 Å². The molecule has 0 aliphatic carbocycles. The molecule has 1 atom stereocenters. The maximum atomic E-state index is 12.6. The standard InChI is InChI=1S/C24H18N2O3S/c27-23(22-14-28-20-8-4-5-9-21(20)29-22)25-18-12-10-16(11-13-18)19-15-30-24(26-19)17-6-2-1-3-7-17/h1-13,15,22H,14H2,(H,25,27)/t22-/m0/s1. The predicted molar refractivity (Wildman–Crippen MR) is 118 cm³/mol. The van der Waals surface area contributed by atoms with Crippen molar-refractivity contribution in [2.75, 3.05) is 11.9 Å². The Morgan fingerprint density at radius 1 is 0.900 bits per heavy atom. The molecule has 1 aliphatic rings. The second-order valence-electron chi connectivity index (χ2n) is 6.83. The van der Waals surface area contributed by atoms with Crippen LogP contribution in [0.1, 0.15) is 0 Å². The number of benzene rings is 3. The van der Waals surface area contributed by atoms with Gasteiger partial charge in [-0.05, 0) is 24.3 Å². The molecule has 0 radical (unpaired) electrons. The smallest absolute Gasteiger partial charge is 0.269 e. The van der Waals surface area contributed by atoms with Crippen molar-refractivity contribution in [2.45, 2.75) is 6.10 Å². The summed E-state index contributed by atoms with van der Waals surface area (Å²) in [5, 5.41) is 5.92. The van der Waals surface area contributed by atoms with Crippen LogP contribution in [0.2, 0.25) is 0 Å². The van der Waals surface area contributed by atoms with Gasteiger partial charge in [0.05, 0.1) is 5.69 Å². The van der Waals surface area contributed by atoms with E-state index in [1.807, 2.05) is 66.0 Å². The number of fused-ring (bicyclic) bond motifs is 1. The number of amides is 1. The number of rotatable bonds is 4. The van der Waals surface area contributed by atoms with E-state index in [0.29, 0.717) is 17.2 Å². The van der Waals surface area contributed by atoms with Crippen LogP contribution < -0.4 is 14.8 Å². The molecule has 0 saturated carbocycles. The quantitative estimate of drug-likeness (QED) is 0.495. The molecule has 1 amide bonds. The van der Waals surface area contributed by atoms with Crippen LogP contribution in [0.3, 0.4) is 0 Å². The van der Waals surface area contributed by atoms with Crippen LogP contribution in [0.4, 0.5) is 5.69 Å². The number of carbonyl (C=O) groups excluding carboxylic acids is 1. The molecule has 0 unspecified atom stereocenters. The molecule has 1 aromatic heterocycles. The fraction of sp³-hybridized carbons (Fsp3) is 0.0833. The third-order valence-electron chi connectivity index (χ3n) is 4.77. The number of thiazole rings is 1. The van der Waals surface area contributed by atoms with Gasteiger partial charge in [-0.15, -0.1) is 11.3 Å². The van der Waals surface area contributed by atoms with E-state index in [4.69, 9.17) is 14.5 Å². The van der Waals surface area contributed by atoms with Crippen molar-refractivity contribution in [3.8, 4) is 33.3 Å². The van der Waals surface area contributed by atoms with Crippen LogP contribution in [-0.2, 0) is 4.79 Å². The van der Waals surface area contributed by atoms with Crippen molar-refractivity contribution in [3.63, 3.8) is 0 Å². The van der Waals surface area contributed by atoms with Gasteiger partial charge in [-0.2, -0.15) is 0 Å². The van der Waals surface area contributed by atoms with E-state index in [1.54, 1.807) is 17.4 Å². The first-order valence-corrected chi connectivity index (χ1v) is 10.4. The number of hydrogen-bond donors (Lipinski definition) is 1. The minimum Gasteiger partial charge on any atom is -0.485 e. The SMILES string of the molecule is O=C(Nc1ccc(-c2csc(-c3ccccc3)n2)cc1)[C@@H]1COc2ccccc2O1. The molecule has 0 fully saturated rings. The molecule has 0 bridgehead atoms. The topological polar surface area (TPSA) is 60.5 Å². The molecule has 4 aromatic rings.